The molecule has 0 radical (unpaired) electrons. The summed E-state index contributed by atoms with van der Waals surface area (Å²) in [6, 6.07) is 1.88. The fourth-order valence-corrected chi connectivity index (χ4v) is 1.39. The Hall–Kier alpha value is -2.20. The van der Waals surface area contributed by atoms with E-state index in [2.05, 4.69) is 15.1 Å². The molecule has 0 aromatic carbocycles. The van der Waals surface area contributed by atoms with E-state index in [9.17, 15) is 5.11 Å². The maximum atomic E-state index is 9.43. The van der Waals surface area contributed by atoms with Crippen LogP contribution in [0, 0.1) is 11.3 Å². The standard InChI is InChI=1S/C10H11N5O2/c1-15-6-12-5-8(15)10-13-9(17-14-10)4-7(16)2-3-11/h5-7,16H,2,4H2,1H3. The predicted octanol–water partition coefficient (Wildman–Crippen LogP) is 0.287. The molecule has 0 spiro atoms. The van der Waals surface area contributed by atoms with E-state index in [1.165, 1.54) is 0 Å². The van der Waals surface area contributed by atoms with E-state index in [1.54, 1.807) is 17.1 Å². The van der Waals surface area contributed by atoms with Crippen molar-refractivity contribution >= 4 is 0 Å². The van der Waals surface area contributed by atoms with Gasteiger partial charge in [-0.25, -0.2) is 4.98 Å². The molecule has 2 aromatic rings. The van der Waals surface area contributed by atoms with Gasteiger partial charge in [0.1, 0.15) is 5.69 Å². The first-order valence-electron chi connectivity index (χ1n) is 5.05. The summed E-state index contributed by atoms with van der Waals surface area (Å²) >= 11 is 0. The number of hydrogen-bond donors (Lipinski definition) is 1. The summed E-state index contributed by atoms with van der Waals surface area (Å²) in [5.41, 5.74) is 0.731. The second kappa shape index (κ2) is 4.76. The summed E-state index contributed by atoms with van der Waals surface area (Å²) in [6.45, 7) is 0. The molecule has 0 aliphatic rings. The van der Waals surface area contributed by atoms with E-state index >= 15 is 0 Å². The number of aryl methyl sites for hydroxylation is 1. The number of nitrogens with zero attached hydrogens (tertiary/aromatic N) is 5. The zero-order valence-electron chi connectivity index (χ0n) is 9.24. The van der Waals surface area contributed by atoms with Crippen LogP contribution in [0.4, 0.5) is 0 Å². The number of aromatic nitrogens is 4. The molecule has 2 rings (SSSR count). The summed E-state index contributed by atoms with van der Waals surface area (Å²) in [6.07, 6.45) is 2.71. The highest BCUT2D eigenvalue weighted by atomic mass is 16.5. The molecule has 2 heterocycles. The van der Waals surface area contributed by atoms with E-state index < -0.39 is 6.10 Å². The molecule has 88 valence electrons. The van der Waals surface area contributed by atoms with Gasteiger partial charge in [-0.1, -0.05) is 5.16 Å². The fourth-order valence-electron chi connectivity index (χ4n) is 1.39. The van der Waals surface area contributed by atoms with Crippen LogP contribution in [0.15, 0.2) is 17.0 Å². The van der Waals surface area contributed by atoms with Crippen molar-refractivity contribution in [2.24, 2.45) is 7.05 Å². The number of aliphatic hydroxyl groups excluding tert-OH is 1. The van der Waals surface area contributed by atoms with Crippen molar-refractivity contribution in [3.63, 3.8) is 0 Å². The lowest BCUT2D eigenvalue weighted by atomic mass is 10.2. The molecule has 2 aromatic heterocycles. The van der Waals surface area contributed by atoms with Crippen LogP contribution in [0.25, 0.3) is 11.5 Å². The Kier molecular flexibility index (Phi) is 3.16. The monoisotopic (exact) mass is 233 g/mol. The highest BCUT2D eigenvalue weighted by Gasteiger charge is 2.14. The van der Waals surface area contributed by atoms with E-state index in [-0.39, 0.29) is 12.8 Å². The van der Waals surface area contributed by atoms with Crippen molar-refractivity contribution in [2.45, 2.75) is 18.9 Å². The van der Waals surface area contributed by atoms with Gasteiger partial charge in [0.2, 0.25) is 11.7 Å². The SMILES string of the molecule is Cn1cncc1-c1noc(CC(O)CC#N)n1. The average molecular weight is 233 g/mol. The van der Waals surface area contributed by atoms with Crippen LogP contribution in [-0.4, -0.2) is 30.9 Å². The molecule has 7 nitrogen and oxygen atoms in total. The van der Waals surface area contributed by atoms with Gasteiger partial charge in [-0.05, 0) is 0 Å². The van der Waals surface area contributed by atoms with Gasteiger partial charge in [-0.15, -0.1) is 0 Å². The van der Waals surface area contributed by atoms with Crippen LogP contribution in [0.2, 0.25) is 0 Å². The molecule has 0 aliphatic carbocycles. The molecular formula is C10H11N5O2. The summed E-state index contributed by atoms with van der Waals surface area (Å²) in [5.74, 6) is 0.730. The highest BCUT2D eigenvalue weighted by Crippen LogP contribution is 2.14. The summed E-state index contributed by atoms with van der Waals surface area (Å²) in [5, 5.41) is 21.6. The Bertz CT molecular complexity index is 539. The number of hydrogen-bond acceptors (Lipinski definition) is 6. The topological polar surface area (TPSA) is 101 Å². The first-order valence-corrected chi connectivity index (χ1v) is 5.05. The third-order valence-electron chi connectivity index (χ3n) is 2.25. The summed E-state index contributed by atoms with van der Waals surface area (Å²) in [7, 11) is 1.82. The minimum atomic E-state index is -0.778. The Morgan fingerprint density at radius 3 is 3.12 bits per heavy atom. The second-order valence-corrected chi connectivity index (χ2v) is 3.62. The first kappa shape index (κ1) is 11.3. The molecule has 7 heteroatoms. The lowest BCUT2D eigenvalue weighted by Crippen LogP contribution is -2.09. The molecular weight excluding hydrogens is 222 g/mol. The van der Waals surface area contributed by atoms with E-state index in [1.807, 2.05) is 13.1 Å². The van der Waals surface area contributed by atoms with Gasteiger partial charge in [0.05, 0.1) is 37.5 Å². The fraction of sp³-hybridized carbons (Fsp3) is 0.400. The zero-order valence-corrected chi connectivity index (χ0v) is 9.24. The Labute approximate surface area is 97.3 Å². The molecule has 1 atom stereocenters. The predicted molar refractivity (Wildman–Crippen MR) is 56.4 cm³/mol. The minimum Gasteiger partial charge on any atom is -0.392 e. The molecule has 1 N–H and O–H groups in total. The summed E-state index contributed by atoms with van der Waals surface area (Å²) < 4.78 is 6.75. The van der Waals surface area contributed by atoms with Crippen molar-refractivity contribution in [2.75, 3.05) is 0 Å². The third kappa shape index (κ3) is 2.49. The lowest BCUT2D eigenvalue weighted by molar-refractivity contribution is 0.167. The van der Waals surface area contributed by atoms with Crippen LogP contribution in [0.3, 0.4) is 0 Å². The van der Waals surface area contributed by atoms with Gasteiger partial charge in [-0.2, -0.15) is 10.2 Å². The Morgan fingerprint density at radius 1 is 1.65 bits per heavy atom. The third-order valence-corrected chi connectivity index (χ3v) is 2.25. The molecule has 0 aliphatic heterocycles. The van der Waals surface area contributed by atoms with E-state index in [0.29, 0.717) is 11.7 Å². The van der Waals surface area contributed by atoms with Crippen LogP contribution >= 0.6 is 0 Å². The number of aliphatic hydroxyl groups is 1. The Morgan fingerprint density at radius 2 is 2.47 bits per heavy atom. The molecule has 0 saturated heterocycles. The highest BCUT2D eigenvalue weighted by molar-refractivity contribution is 5.46. The van der Waals surface area contributed by atoms with Crippen LogP contribution in [0.1, 0.15) is 12.3 Å². The molecule has 0 saturated carbocycles. The smallest absolute Gasteiger partial charge is 0.229 e. The van der Waals surface area contributed by atoms with Gasteiger partial charge in [0, 0.05) is 7.05 Å². The van der Waals surface area contributed by atoms with E-state index in [0.717, 1.165) is 5.69 Å². The Balaban J connectivity index is 2.12. The number of rotatable bonds is 4. The first-order chi connectivity index (χ1) is 8.20. The van der Waals surface area contributed by atoms with Crippen molar-refractivity contribution < 1.29 is 9.63 Å². The van der Waals surface area contributed by atoms with E-state index in [4.69, 9.17) is 9.78 Å². The van der Waals surface area contributed by atoms with Gasteiger partial charge < -0.3 is 14.2 Å². The van der Waals surface area contributed by atoms with Crippen molar-refractivity contribution in [3.05, 3.63) is 18.4 Å². The van der Waals surface area contributed by atoms with Crippen molar-refractivity contribution in [1.82, 2.24) is 19.7 Å². The quantitative estimate of drug-likeness (QED) is 0.814. The maximum Gasteiger partial charge on any atom is 0.229 e. The minimum absolute atomic E-state index is 0.0451. The van der Waals surface area contributed by atoms with Gasteiger partial charge in [0.25, 0.3) is 0 Å². The average Bonchev–Trinajstić information content (AvgIpc) is 2.87. The molecule has 17 heavy (non-hydrogen) atoms. The van der Waals surface area contributed by atoms with Gasteiger partial charge in [0.15, 0.2) is 0 Å². The van der Waals surface area contributed by atoms with Crippen molar-refractivity contribution in [3.8, 4) is 17.6 Å². The van der Waals surface area contributed by atoms with Crippen LogP contribution < -0.4 is 0 Å². The van der Waals surface area contributed by atoms with Crippen LogP contribution in [-0.2, 0) is 13.5 Å². The lowest BCUT2D eigenvalue weighted by Gasteiger charge is -1.99. The number of nitriles is 1. The number of imidazole rings is 1. The molecule has 0 bridgehead atoms. The van der Waals surface area contributed by atoms with Gasteiger partial charge >= 0.3 is 0 Å². The largest absolute Gasteiger partial charge is 0.392 e. The maximum absolute atomic E-state index is 9.43. The van der Waals surface area contributed by atoms with Gasteiger partial charge in [-0.3, -0.25) is 0 Å². The normalized spacial score (nSPS) is 12.3. The second-order valence-electron chi connectivity index (χ2n) is 3.62. The molecule has 1 unspecified atom stereocenters. The summed E-state index contributed by atoms with van der Waals surface area (Å²) in [4.78, 5) is 8.07. The van der Waals surface area contributed by atoms with Crippen molar-refractivity contribution in [1.29, 1.82) is 5.26 Å². The molecule has 0 amide bonds. The zero-order chi connectivity index (χ0) is 12.3. The van der Waals surface area contributed by atoms with Crippen LogP contribution in [0.5, 0.6) is 0 Å². The molecule has 0 fully saturated rings.